The highest BCUT2D eigenvalue weighted by Gasteiger charge is 2.13. The van der Waals surface area contributed by atoms with Crippen molar-refractivity contribution in [3.8, 4) is 11.4 Å². The number of methoxy groups -OCH3 is 1. The van der Waals surface area contributed by atoms with E-state index in [9.17, 15) is 4.79 Å². The molecule has 1 heterocycles. The highest BCUT2D eigenvalue weighted by Crippen LogP contribution is 2.26. The third-order valence-electron chi connectivity index (χ3n) is 3.57. The van der Waals surface area contributed by atoms with Gasteiger partial charge in [-0.15, -0.1) is 10.2 Å². The van der Waals surface area contributed by atoms with Crippen LogP contribution in [0.4, 0.5) is 0 Å². The van der Waals surface area contributed by atoms with Gasteiger partial charge in [-0.25, -0.2) is 0 Å². The number of ether oxygens (including phenoxy) is 1. The molecular formula is C18H17ClN4O2S. The van der Waals surface area contributed by atoms with Crippen LogP contribution in [0.15, 0.2) is 60.0 Å². The summed E-state index contributed by atoms with van der Waals surface area (Å²) in [5.41, 5.74) is 1.77. The molecule has 0 saturated heterocycles. The average molecular weight is 389 g/mol. The van der Waals surface area contributed by atoms with E-state index in [0.29, 0.717) is 22.5 Å². The van der Waals surface area contributed by atoms with E-state index in [1.165, 1.54) is 11.8 Å². The van der Waals surface area contributed by atoms with Gasteiger partial charge in [-0.2, -0.15) is 0 Å². The van der Waals surface area contributed by atoms with Crippen molar-refractivity contribution in [2.75, 3.05) is 12.9 Å². The zero-order chi connectivity index (χ0) is 18.4. The van der Waals surface area contributed by atoms with E-state index in [4.69, 9.17) is 16.3 Å². The Kier molecular flexibility index (Phi) is 6.14. The van der Waals surface area contributed by atoms with E-state index in [-0.39, 0.29) is 11.7 Å². The molecule has 0 fully saturated rings. The van der Waals surface area contributed by atoms with E-state index >= 15 is 0 Å². The molecule has 0 saturated carbocycles. The number of nitrogens with zero attached hydrogens (tertiary/aromatic N) is 3. The van der Waals surface area contributed by atoms with Crippen molar-refractivity contribution >= 4 is 29.3 Å². The molecule has 0 atom stereocenters. The summed E-state index contributed by atoms with van der Waals surface area (Å²) >= 11 is 7.25. The molecule has 26 heavy (non-hydrogen) atoms. The lowest BCUT2D eigenvalue weighted by Crippen LogP contribution is -2.24. The molecule has 0 radical (unpaired) electrons. The molecule has 0 unspecified atom stereocenters. The summed E-state index contributed by atoms with van der Waals surface area (Å²) in [7, 11) is 1.61. The largest absolute Gasteiger partial charge is 0.495 e. The molecule has 6 nitrogen and oxygen atoms in total. The Morgan fingerprint density at radius 3 is 2.92 bits per heavy atom. The molecule has 1 N–H and O–H groups in total. The van der Waals surface area contributed by atoms with Crippen LogP contribution in [0, 0.1) is 0 Å². The number of amides is 1. The van der Waals surface area contributed by atoms with Crippen LogP contribution < -0.4 is 10.1 Å². The summed E-state index contributed by atoms with van der Waals surface area (Å²) in [5.74, 6) is 0.845. The molecule has 0 spiro atoms. The molecule has 0 bridgehead atoms. The second-order valence-corrected chi connectivity index (χ2v) is 6.73. The topological polar surface area (TPSA) is 69.0 Å². The first-order valence-corrected chi connectivity index (χ1v) is 9.21. The number of thioether (sulfide) groups is 1. The number of aromatic nitrogens is 3. The lowest BCUT2D eigenvalue weighted by atomic mass is 10.2. The number of halogens is 1. The van der Waals surface area contributed by atoms with Crippen molar-refractivity contribution in [2.24, 2.45) is 0 Å². The van der Waals surface area contributed by atoms with Crippen LogP contribution in [0.1, 0.15) is 5.56 Å². The highest BCUT2D eigenvalue weighted by atomic mass is 35.5. The van der Waals surface area contributed by atoms with Crippen LogP contribution in [-0.2, 0) is 11.3 Å². The van der Waals surface area contributed by atoms with Gasteiger partial charge in [0.1, 0.15) is 12.1 Å². The molecule has 1 aromatic heterocycles. The van der Waals surface area contributed by atoms with E-state index in [2.05, 4.69) is 15.5 Å². The Morgan fingerprint density at radius 2 is 2.12 bits per heavy atom. The first-order valence-electron chi connectivity index (χ1n) is 7.84. The molecule has 3 rings (SSSR count). The van der Waals surface area contributed by atoms with E-state index in [1.807, 2.05) is 42.5 Å². The lowest BCUT2D eigenvalue weighted by Gasteiger charge is -2.10. The maximum Gasteiger partial charge on any atom is 0.230 e. The minimum Gasteiger partial charge on any atom is -0.495 e. The van der Waals surface area contributed by atoms with E-state index in [0.717, 1.165) is 11.3 Å². The summed E-state index contributed by atoms with van der Waals surface area (Å²) < 4.78 is 7.17. The monoisotopic (exact) mass is 388 g/mol. The highest BCUT2D eigenvalue weighted by molar-refractivity contribution is 7.99. The van der Waals surface area contributed by atoms with Gasteiger partial charge in [-0.1, -0.05) is 47.6 Å². The molecular weight excluding hydrogens is 372 g/mol. The number of para-hydroxylation sites is 2. The summed E-state index contributed by atoms with van der Waals surface area (Å²) in [4.78, 5) is 12.1. The normalized spacial score (nSPS) is 10.5. The van der Waals surface area contributed by atoms with Crippen molar-refractivity contribution in [2.45, 2.75) is 11.7 Å². The predicted octanol–water partition coefficient (Wildman–Crippen LogP) is 3.34. The quantitative estimate of drug-likeness (QED) is 0.629. The van der Waals surface area contributed by atoms with Crippen LogP contribution >= 0.6 is 23.4 Å². The van der Waals surface area contributed by atoms with Gasteiger partial charge < -0.3 is 10.1 Å². The van der Waals surface area contributed by atoms with Gasteiger partial charge in [0.25, 0.3) is 0 Å². The Morgan fingerprint density at radius 1 is 1.27 bits per heavy atom. The molecule has 0 aliphatic carbocycles. The van der Waals surface area contributed by atoms with Crippen LogP contribution in [0.25, 0.3) is 5.69 Å². The van der Waals surface area contributed by atoms with Gasteiger partial charge in [0.2, 0.25) is 5.91 Å². The number of carbonyl (C=O) groups excluding carboxylic acids is 1. The predicted molar refractivity (Wildman–Crippen MR) is 102 cm³/mol. The second kappa shape index (κ2) is 8.73. The first-order chi connectivity index (χ1) is 12.7. The maximum absolute atomic E-state index is 12.1. The molecule has 0 aliphatic rings. The Balaban J connectivity index is 1.60. The van der Waals surface area contributed by atoms with Crippen molar-refractivity contribution in [1.82, 2.24) is 20.1 Å². The molecule has 8 heteroatoms. The fourth-order valence-electron chi connectivity index (χ4n) is 2.35. The van der Waals surface area contributed by atoms with Gasteiger partial charge in [-0.3, -0.25) is 9.36 Å². The Bertz CT molecular complexity index is 900. The summed E-state index contributed by atoms with van der Waals surface area (Å²) in [6.45, 7) is 0.430. The SMILES string of the molecule is COc1ccccc1-n1cnnc1SCC(=O)NCc1cccc(Cl)c1. The third kappa shape index (κ3) is 4.56. The van der Waals surface area contributed by atoms with Crippen molar-refractivity contribution in [3.05, 3.63) is 65.4 Å². The van der Waals surface area contributed by atoms with Crippen molar-refractivity contribution in [1.29, 1.82) is 0 Å². The fourth-order valence-corrected chi connectivity index (χ4v) is 3.31. The number of nitrogens with one attached hydrogen (secondary N) is 1. The third-order valence-corrected chi connectivity index (χ3v) is 4.75. The van der Waals surface area contributed by atoms with Gasteiger partial charge in [0.05, 0.1) is 18.6 Å². The van der Waals surface area contributed by atoms with Crippen molar-refractivity contribution < 1.29 is 9.53 Å². The Hall–Kier alpha value is -2.51. The van der Waals surface area contributed by atoms with Crippen LogP contribution in [0.2, 0.25) is 5.02 Å². The minimum atomic E-state index is -0.0930. The number of hydrogen-bond donors (Lipinski definition) is 1. The van der Waals surface area contributed by atoms with Gasteiger partial charge in [0.15, 0.2) is 5.16 Å². The summed E-state index contributed by atoms with van der Waals surface area (Å²) in [6.07, 6.45) is 1.60. The minimum absolute atomic E-state index is 0.0930. The standard InChI is InChI=1S/C18H17ClN4O2S/c1-25-16-8-3-2-7-15(16)23-12-21-22-18(23)26-11-17(24)20-10-13-5-4-6-14(19)9-13/h2-9,12H,10-11H2,1H3,(H,20,24). The number of benzene rings is 2. The zero-order valence-electron chi connectivity index (χ0n) is 14.1. The van der Waals surface area contributed by atoms with E-state index < -0.39 is 0 Å². The second-order valence-electron chi connectivity index (χ2n) is 5.35. The summed E-state index contributed by atoms with van der Waals surface area (Å²) in [5, 5.41) is 12.2. The molecule has 0 aliphatic heterocycles. The molecule has 134 valence electrons. The fraction of sp³-hybridized carbons (Fsp3) is 0.167. The van der Waals surface area contributed by atoms with Gasteiger partial charge in [-0.05, 0) is 29.8 Å². The zero-order valence-corrected chi connectivity index (χ0v) is 15.6. The van der Waals surface area contributed by atoms with Crippen molar-refractivity contribution in [3.63, 3.8) is 0 Å². The number of carbonyl (C=O) groups is 1. The molecule has 2 aromatic carbocycles. The summed E-state index contributed by atoms with van der Waals surface area (Å²) in [6, 6.07) is 15.0. The van der Waals surface area contributed by atoms with Crippen LogP contribution in [-0.4, -0.2) is 33.5 Å². The first kappa shape index (κ1) is 18.3. The lowest BCUT2D eigenvalue weighted by molar-refractivity contribution is -0.118. The van der Waals surface area contributed by atoms with Gasteiger partial charge in [0, 0.05) is 11.6 Å². The smallest absolute Gasteiger partial charge is 0.230 e. The maximum atomic E-state index is 12.1. The Labute approximate surface area is 160 Å². The van der Waals surface area contributed by atoms with Crippen LogP contribution in [0.3, 0.4) is 0 Å². The number of hydrogen-bond acceptors (Lipinski definition) is 5. The van der Waals surface area contributed by atoms with Crippen LogP contribution in [0.5, 0.6) is 5.75 Å². The van der Waals surface area contributed by atoms with E-state index in [1.54, 1.807) is 24.1 Å². The average Bonchev–Trinajstić information content (AvgIpc) is 3.13. The molecule has 3 aromatic rings. The van der Waals surface area contributed by atoms with Gasteiger partial charge >= 0.3 is 0 Å². The number of rotatable bonds is 7. The molecule has 1 amide bonds.